The van der Waals surface area contributed by atoms with Gasteiger partial charge >= 0.3 is 0 Å². The number of rotatable bonds is 0. The topological polar surface area (TPSA) is 164 Å². The number of hydrogen-bond acceptors (Lipinski definition) is 8. The molecule has 2 aromatic carbocycles. The van der Waals surface area contributed by atoms with Crippen molar-refractivity contribution in [1.82, 2.24) is 0 Å². The monoisotopic (exact) mass is 438 g/mol. The second-order valence-corrected chi connectivity index (χ2v) is 7.81. The summed E-state index contributed by atoms with van der Waals surface area (Å²) < 4.78 is 0. The van der Waals surface area contributed by atoms with Crippen molar-refractivity contribution in [2.75, 3.05) is 0 Å². The van der Waals surface area contributed by atoms with Crippen LogP contribution in [0.1, 0.15) is 46.5 Å². The zero-order valence-electron chi connectivity index (χ0n) is 18.7. The van der Waals surface area contributed by atoms with Crippen molar-refractivity contribution in [3.8, 4) is 0 Å². The number of benzene rings is 2. The Balaban J connectivity index is 0. The maximum Gasteiger partial charge on any atom is 0.231 e. The smallest absolute Gasteiger partial charge is 0.222 e. The minimum atomic E-state index is 0.660. The molecule has 2 aliphatic carbocycles. The normalized spacial score (nSPS) is 19.8. The number of nitrogens with one attached hydrogen (secondary N) is 4. The minimum absolute atomic E-state index is 0.660. The van der Waals surface area contributed by atoms with Crippen molar-refractivity contribution >= 4 is 35.1 Å². The van der Waals surface area contributed by atoms with Crippen molar-refractivity contribution < 1.29 is 19.2 Å². The Morgan fingerprint density at radius 2 is 0.906 bits per heavy atom. The summed E-state index contributed by atoms with van der Waals surface area (Å²) in [5.41, 5.74) is 1.37. The Hall–Kier alpha value is -3.78. The molecule has 0 spiro atoms. The zero-order valence-corrected chi connectivity index (χ0v) is 18.7. The second kappa shape index (κ2) is 17.0. The van der Waals surface area contributed by atoms with Crippen LogP contribution in [0.5, 0.6) is 0 Å². The molecule has 32 heavy (non-hydrogen) atoms. The number of carbonyl (C=O) groups excluding carboxylic acids is 4. The molecule has 0 aromatic heterocycles. The van der Waals surface area contributed by atoms with Crippen LogP contribution < -0.4 is 0 Å². The van der Waals surface area contributed by atoms with Crippen LogP contribution in [0.2, 0.25) is 0 Å². The van der Waals surface area contributed by atoms with Crippen molar-refractivity contribution in [2.45, 2.75) is 46.5 Å². The zero-order chi connectivity index (χ0) is 25.0. The van der Waals surface area contributed by atoms with E-state index in [2.05, 4.69) is 69.3 Å². The molecule has 0 radical (unpaired) electrons. The molecule has 2 aliphatic rings. The van der Waals surface area contributed by atoms with E-state index in [4.69, 9.17) is 40.8 Å². The summed E-state index contributed by atoms with van der Waals surface area (Å²) in [6, 6.07) is 16.7. The quantitative estimate of drug-likeness (QED) is 0.308. The Kier molecular flexibility index (Phi) is 16.1. The fourth-order valence-electron chi connectivity index (χ4n) is 4.25. The summed E-state index contributed by atoms with van der Waals surface area (Å²) in [6.45, 7) is 7.43. The van der Waals surface area contributed by atoms with E-state index in [-0.39, 0.29) is 0 Å². The molecule has 0 aliphatic heterocycles. The fraction of sp³-hybridized carbons (Fsp3) is 0.417. The van der Waals surface area contributed by atoms with Crippen LogP contribution in [-0.4, -0.2) is 24.3 Å². The second-order valence-electron chi connectivity index (χ2n) is 7.81. The third-order valence-corrected chi connectivity index (χ3v) is 6.32. The molecule has 0 saturated heterocycles. The molecule has 8 nitrogen and oxygen atoms in total. The Morgan fingerprint density at radius 3 is 1.03 bits per heavy atom. The Bertz CT molecular complexity index is 823. The molecule has 2 fully saturated rings. The van der Waals surface area contributed by atoms with Crippen LogP contribution in [0.15, 0.2) is 48.5 Å². The summed E-state index contributed by atoms with van der Waals surface area (Å²) in [4.78, 5) is 33.4. The molecule has 2 saturated carbocycles. The van der Waals surface area contributed by atoms with Crippen LogP contribution in [0, 0.1) is 38.4 Å². The van der Waals surface area contributed by atoms with E-state index in [1.54, 1.807) is 0 Å². The molecule has 0 heterocycles. The third-order valence-electron chi connectivity index (χ3n) is 6.32. The van der Waals surface area contributed by atoms with Gasteiger partial charge in [0.25, 0.3) is 0 Å². The van der Waals surface area contributed by atoms with E-state index in [9.17, 15) is 0 Å². The van der Waals surface area contributed by atoms with Gasteiger partial charge in [0.15, 0.2) is 0 Å². The van der Waals surface area contributed by atoms with E-state index in [0.717, 1.165) is 30.2 Å². The van der Waals surface area contributed by atoms with Crippen LogP contribution in [0.4, 0.5) is 0 Å². The highest BCUT2D eigenvalue weighted by Crippen LogP contribution is 2.65. The first kappa shape index (κ1) is 30.4. The van der Waals surface area contributed by atoms with Gasteiger partial charge in [-0.3, -0.25) is 0 Å². The average molecular weight is 439 g/mol. The molecule has 8 heteroatoms. The molecule has 4 rings (SSSR count). The molecule has 0 atom stereocenters. The van der Waals surface area contributed by atoms with Crippen molar-refractivity contribution in [3.63, 3.8) is 0 Å². The molecular formula is C24H30N4O4. The van der Waals surface area contributed by atoms with Crippen molar-refractivity contribution in [3.05, 3.63) is 48.5 Å². The van der Waals surface area contributed by atoms with Gasteiger partial charge in [0, 0.05) is 0 Å². The van der Waals surface area contributed by atoms with Gasteiger partial charge in [0.05, 0.1) is 0 Å². The van der Waals surface area contributed by atoms with Gasteiger partial charge in [-0.05, 0) is 53.2 Å². The summed E-state index contributed by atoms with van der Waals surface area (Å²) in [7, 11) is 0. The largest absolute Gasteiger partial charge is 0.231 e. The average Bonchev–Trinajstić information content (AvgIpc) is 3.12. The predicted molar refractivity (Wildman–Crippen MR) is 121 cm³/mol. The first-order valence-corrected chi connectivity index (χ1v) is 9.78. The summed E-state index contributed by atoms with van der Waals surface area (Å²) in [5.74, 6) is 1.05. The van der Waals surface area contributed by atoms with E-state index >= 15 is 0 Å². The number of isocyanates is 4. The molecule has 0 unspecified atom stereocenters. The number of fused-ring (bicyclic) bond motifs is 3. The maximum absolute atomic E-state index is 8.35. The van der Waals surface area contributed by atoms with Gasteiger partial charge in [0.2, 0.25) is 24.3 Å². The Morgan fingerprint density at radius 1 is 0.656 bits per heavy atom. The summed E-state index contributed by atoms with van der Waals surface area (Å²) in [6.07, 6.45) is 8.99. The lowest BCUT2D eigenvalue weighted by atomic mass is 9.71. The molecular weight excluding hydrogens is 408 g/mol. The highest BCUT2D eigenvalue weighted by molar-refractivity contribution is 5.82. The molecule has 0 amide bonds. The fourth-order valence-corrected chi connectivity index (χ4v) is 4.25. The first-order valence-electron chi connectivity index (χ1n) is 9.78. The lowest BCUT2D eigenvalue weighted by molar-refractivity contribution is 0.152. The molecule has 4 N–H and O–H groups in total. The molecule has 170 valence electrons. The maximum atomic E-state index is 8.35. The highest BCUT2D eigenvalue weighted by atomic mass is 16.1. The standard InChI is InChI=1S/C10H18.C10H8.4CHNO/c1-9(2)8-4-6-10(9,3)7-5-8;1-2-6-10-8-4-3-7-9(10)5-1;4*2-1-3/h8H,4-7H2,1-3H3;1-8H;4*2H. The van der Waals surface area contributed by atoms with Crippen LogP contribution in [0.25, 0.3) is 10.8 Å². The third kappa shape index (κ3) is 9.82. The number of hydrogen-bond donors (Lipinski definition) is 4. The Labute approximate surface area is 188 Å². The summed E-state index contributed by atoms with van der Waals surface area (Å²) >= 11 is 0. The van der Waals surface area contributed by atoms with Gasteiger partial charge in [0.1, 0.15) is 0 Å². The van der Waals surface area contributed by atoms with Gasteiger partial charge in [-0.15, -0.1) is 0 Å². The first-order chi connectivity index (χ1) is 15.2. The SMILES string of the molecule is CC12CCC(CC1)C2(C)C.N=C=O.N=C=O.N=C=O.N=C=O.c1ccc2ccccc2c1. The predicted octanol–water partition coefficient (Wildman–Crippen LogP) is 5.67. The highest BCUT2D eigenvalue weighted by Gasteiger charge is 2.55. The van der Waals surface area contributed by atoms with Gasteiger partial charge < -0.3 is 0 Å². The van der Waals surface area contributed by atoms with Crippen molar-refractivity contribution in [2.24, 2.45) is 16.7 Å². The van der Waals surface area contributed by atoms with E-state index in [0.29, 0.717) is 10.8 Å². The van der Waals surface area contributed by atoms with Crippen molar-refractivity contribution in [1.29, 1.82) is 21.6 Å². The van der Waals surface area contributed by atoms with Crippen LogP contribution in [-0.2, 0) is 19.2 Å². The molecule has 2 bridgehead atoms. The van der Waals surface area contributed by atoms with E-state index in [1.807, 2.05) is 0 Å². The van der Waals surface area contributed by atoms with Crippen LogP contribution in [0.3, 0.4) is 0 Å². The van der Waals surface area contributed by atoms with E-state index in [1.165, 1.54) is 36.5 Å². The van der Waals surface area contributed by atoms with Crippen LogP contribution >= 0.6 is 0 Å². The van der Waals surface area contributed by atoms with Gasteiger partial charge in [-0.25, -0.2) is 40.8 Å². The molecule has 2 aromatic rings. The lowest BCUT2D eigenvalue weighted by Gasteiger charge is -2.34. The minimum Gasteiger partial charge on any atom is -0.222 e. The van der Waals surface area contributed by atoms with E-state index < -0.39 is 0 Å². The van der Waals surface area contributed by atoms with Gasteiger partial charge in [-0.1, -0.05) is 69.3 Å². The lowest BCUT2D eigenvalue weighted by Crippen LogP contribution is -2.26. The summed E-state index contributed by atoms with van der Waals surface area (Å²) in [5, 5.41) is 24.2. The van der Waals surface area contributed by atoms with Gasteiger partial charge in [-0.2, -0.15) is 0 Å².